The van der Waals surface area contributed by atoms with Gasteiger partial charge >= 0.3 is 0 Å². The van der Waals surface area contributed by atoms with E-state index in [0.29, 0.717) is 23.9 Å². The molecule has 0 radical (unpaired) electrons. The minimum absolute atomic E-state index is 0. The number of carbonyl (C=O) groups excluding carboxylic acids is 1. The smallest absolute Gasteiger partial charge is 0.227 e. The standard InChI is InChI=1S/C23H32N4O3S.HI/c1-5-17(2)22(28)27-20-8-6-7-19(15-20)16-26-23(24-3)25-14-13-18-9-11-21(12-10-18)31(4,29)30;/h6-12,15,17H,5,13-14,16H2,1-4H3,(H,27,28)(H2,24,25,26);1H. The number of halogens is 1. The molecule has 0 saturated carbocycles. The monoisotopic (exact) mass is 572 g/mol. The molecule has 2 aromatic rings. The van der Waals surface area contributed by atoms with Crippen LogP contribution in [0.4, 0.5) is 5.69 Å². The van der Waals surface area contributed by atoms with Crippen LogP contribution in [0.3, 0.4) is 0 Å². The lowest BCUT2D eigenvalue weighted by molar-refractivity contribution is -0.119. The summed E-state index contributed by atoms with van der Waals surface area (Å²) in [6, 6.07) is 14.6. The van der Waals surface area contributed by atoms with Crippen molar-refractivity contribution in [2.75, 3.05) is 25.2 Å². The van der Waals surface area contributed by atoms with E-state index in [9.17, 15) is 13.2 Å². The summed E-state index contributed by atoms with van der Waals surface area (Å²) < 4.78 is 23.1. The van der Waals surface area contributed by atoms with Gasteiger partial charge in [-0.15, -0.1) is 24.0 Å². The zero-order valence-corrected chi connectivity index (χ0v) is 22.2. The summed E-state index contributed by atoms with van der Waals surface area (Å²) in [5.41, 5.74) is 2.85. The molecule has 0 heterocycles. The lowest BCUT2D eigenvalue weighted by Crippen LogP contribution is -2.37. The molecule has 0 fully saturated rings. The van der Waals surface area contributed by atoms with E-state index >= 15 is 0 Å². The molecule has 1 atom stereocenters. The van der Waals surface area contributed by atoms with Gasteiger partial charge in [0.25, 0.3) is 0 Å². The van der Waals surface area contributed by atoms with Crippen LogP contribution in [0.1, 0.15) is 31.4 Å². The van der Waals surface area contributed by atoms with Crippen LogP contribution in [0.2, 0.25) is 0 Å². The second-order valence-electron chi connectivity index (χ2n) is 7.52. The van der Waals surface area contributed by atoms with Gasteiger partial charge in [0.15, 0.2) is 15.8 Å². The van der Waals surface area contributed by atoms with E-state index in [0.717, 1.165) is 29.7 Å². The summed E-state index contributed by atoms with van der Waals surface area (Å²) in [4.78, 5) is 16.6. The highest BCUT2D eigenvalue weighted by molar-refractivity contribution is 14.0. The van der Waals surface area contributed by atoms with Crippen LogP contribution in [-0.2, 0) is 27.6 Å². The zero-order chi connectivity index (χ0) is 22.9. The fraction of sp³-hybridized carbons (Fsp3) is 0.391. The maximum Gasteiger partial charge on any atom is 0.227 e. The van der Waals surface area contributed by atoms with Gasteiger partial charge in [-0.1, -0.05) is 38.1 Å². The van der Waals surface area contributed by atoms with Gasteiger partial charge in [0.1, 0.15) is 0 Å². The third-order valence-corrected chi connectivity index (χ3v) is 6.12. The van der Waals surface area contributed by atoms with Crippen LogP contribution >= 0.6 is 24.0 Å². The molecule has 0 aliphatic rings. The van der Waals surface area contributed by atoms with Crippen LogP contribution in [0.15, 0.2) is 58.4 Å². The number of anilines is 1. The van der Waals surface area contributed by atoms with E-state index in [1.807, 2.05) is 50.2 Å². The molecular formula is C23H33IN4O3S. The average molecular weight is 573 g/mol. The molecular weight excluding hydrogens is 539 g/mol. The summed E-state index contributed by atoms with van der Waals surface area (Å²) in [5.74, 6) is 0.670. The Morgan fingerprint density at radius 3 is 2.34 bits per heavy atom. The van der Waals surface area contributed by atoms with E-state index < -0.39 is 9.84 Å². The molecule has 0 spiro atoms. The molecule has 0 aromatic heterocycles. The first kappa shape index (κ1) is 27.9. The zero-order valence-electron chi connectivity index (χ0n) is 19.0. The summed E-state index contributed by atoms with van der Waals surface area (Å²) in [6.07, 6.45) is 2.74. The third-order valence-electron chi connectivity index (χ3n) is 5.00. The first-order valence-corrected chi connectivity index (χ1v) is 12.3. The Labute approximate surface area is 208 Å². The van der Waals surface area contributed by atoms with E-state index in [1.165, 1.54) is 6.26 Å². The highest BCUT2D eigenvalue weighted by Gasteiger charge is 2.10. The number of carbonyl (C=O) groups is 1. The quantitative estimate of drug-likeness (QED) is 0.242. The number of guanidine groups is 1. The van der Waals surface area contributed by atoms with E-state index in [-0.39, 0.29) is 35.8 Å². The molecule has 1 unspecified atom stereocenters. The average Bonchev–Trinajstić information content (AvgIpc) is 2.75. The van der Waals surface area contributed by atoms with Crippen LogP contribution in [0.5, 0.6) is 0 Å². The Hall–Kier alpha value is -2.14. The number of nitrogens with zero attached hydrogens (tertiary/aromatic N) is 1. The van der Waals surface area contributed by atoms with Crippen molar-refractivity contribution in [3.63, 3.8) is 0 Å². The lowest BCUT2D eigenvalue weighted by atomic mass is 10.1. The fourth-order valence-corrected chi connectivity index (χ4v) is 3.48. The largest absolute Gasteiger partial charge is 0.356 e. The number of hydrogen-bond donors (Lipinski definition) is 3. The number of benzene rings is 2. The maximum atomic E-state index is 12.1. The molecule has 9 heteroatoms. The van der Waals surface area contributed by atoms with Crippen molar-refractivity contribution >= 4 is 51.4 Å². The molecule has 3 N–H and O–H groups in total. The minimum Gasteiger partial charge on any atom is -0.356 e. The SMILES string of the molecule is CCC(C)C(=O)Nc1cccc(CNC(=NC)NCCc2ccc(S(C)(=O)=O)cc2)c1.I. The number of nitrogens with one attached hydrogen (secondary N) is 3. The van der Waals surface area contributed by atoms with Gasteiger partial charge in [0.2, 0.25) is 5.91 Å². The number of aliphatic imine (C=N–C) groups is 1. The van der Waals surface area contributed by atoms with E-state index in [1.54, 1.807) is 19.2 Å². The van der Waals surface area contributed by atoms with E-state index in [4.69, 9.17) is 0 Å². The summed E-state index contributed by atoms with van der Waals surface area (Å²) in [5, 5.41) is 9.47. The van der Waals surface area contributed by atoms with E-state index in [2.05, 4.69) is 20.9 Å². The number of sulfone groups is 1. The van der Waals surface area contributed by atoms with Crippen molar-refractivity contribution in [2.45, 2.75) is 38.1 Å². The first-order chi connectivity index (χ1) is 14.7. The Morgan fingerprint density at radius 1 is 1.06 bits per heavy atom. The van der Waals surface area contributed by atoms with Gasteiger partial charge in [-0.2, -0.15) is 0 Å². The molecule has 32 heavy (non-hydrogen) atoms. The topological polar surface area (TPSA) is 99.7 Å². The van der Waals surface area contributed by atoms with Crippen LogP contribution in [0.25, 0.3) is 0 Å². The molecule has 2 rings (SSSR count). The van der Waals surface area contributed by atoms with Crippen LogP contribution in [0, 0.1) is 5.92 Å². The second-order valence-corrected chi connectivity index (χ2v) is 9.53. The van der Waals surface area contributed by atoms with Crippen LogP contribution in [-0.4, -0.2) is 40.1 Å². The van der Waals surface area contributed by atoms with Gasteiger partial charge in [-0.25, -0.2) is 8.42 Å². The predicted octanol–water partition coefficient (Wildman–Crippen LogP) is 3.60. The summed E-state index contributed by atoms with van der Waals surface area (Å²) in [6.45, 7) is 5.13. The highest BCUT2D eigenvalue weighted by atomic mass is 127. The fourth-order valence-electron chi connectivity index (χ4n) is 2.84. The Bertz CT molecular complexity index is 1010. The molecule has 7 nitrogen and oxygen atoms in total. The molecule has 0 bridgehead atoms. The Kier molecular flexibility index (Phi) is 11.7. The molecule has 0 saturated heterocycles. The number of hydrogen-bond acceptors (Lipinski definition) is 4. The van der Waals surface area contributed by atoms with Gasteiger partial charge in [0, 0.05) is 38.0 Å². The highest BCUT2D eigenvalue weighted by Crippen LogP contribution is 2.13. The Morgan fingerprint density at radius 2 is 1.75 bits per heavy atom. The van der Waals surface area contributed by atoms with Gasteiger partial charge in [-0.05, 0) is 48.2 Å². The predicted molar refractivity (Wildman–Crippen MR) is 141 cm³/mol. The van der Waals surface area contributed by atoms with Crippen LogP contribution < -0.4 is 16.0 Å². The maximum absolute atomic E-state index is 12.1. The minimum atomic E-state index is -3.17. The summed E-state index contributed by atoms with van der Waals surface area (Å²) >= 11 is 0. The van der Waals surface area contributed by atoms with Crippen molar-refractivity contribution in [2.24, 2.45) is 10.9 Å². The molecule has 176 valence electrons. The molecule has 2 aromatic carbocycles. The van der Waals surface area contributed by atoms with Gasteiger partial charge < -0.3 is 16.0 Å². The second kappa shape index (κ2) is 13.4. The number of amides is 1. The first-order valence-electron chi connectivity index (χ1n) is 10.4. The lowest BCUT2D eigenvalue weighted by Gasteiger charge is -2.14. The van der Waals surface area contributed by atoms with Crippen molar-refractivity contribution < 1.29 is 13.2 Å². The van der Waals surface area contributed by atoms with Gasteiger partial charge in [-0.3, -0.25) is 9.79 Å². The van der Waals surface area contributed by atoms with Crippen molar-refractivity contribution in [3.8, 4) is 0 Å². The Balaban J connectivity index is 0.00000512. The molecule has 0 aliphatic heterocycles. The molecule has 0 aliphatic carbocycles. The summed E-state index contributed by atoms with van der Waals surface area (Å²) in [7, 11) is -1.47. The normalized spacial score (nSPS) is 12.4. The van der Waals surface area contributed by atoms with Crippen molar-refractivity contribution in [3.05, 3.63) is 59.7 Å². The third kappa shape index (κ3) is 9.15. The number of rotatable bonds is 9. The van der Waals surface area contributed by atoms with Crippen molar-refractivity contribution in [1.29, 1.82) is 0 Å². The van der Waals surface area contributed by atoms with Gasteiger partial charge in [0.05, 0.1) is 4.90 Å². The molecule has 1 amide bonds. The van der Waals surface area contributed by atoms with Crippen molar-refractivity contribution in [1.82, 2.24) is 10.6 Å².